The Morgan fingerprint density at radius 1 is 1.46 bits per heavy atom. The Labute approximate surface area is 76.6 Å². The van der Waals surface area contributed by atoms with Crippen LogP contribution in [0.2, 0.25) is 0 Å². The first-order valence-electron chi connectivity index (χ1n) is 4.38. The molecule has 2 rings (SSSR count). The molecule has 70 valence electrons. The summed E-state index contributed by atoms with van der Waals surface area (Å²) in [6, 6.07) is 1.76. The summed E-state index contributed by atoms with van der Waals surface area (Å²) in [4.78, 5) is 0. The first-order valence-corrected chi connectivity index (χ1v) is 4.38. The van der Waals surface area contributed by atoms with Crippen LogP contribution in [-0.2, 0) is 4.74 Å². The standard InChI is InChI=1S/C10H12O3/c11-10(9-3-5-13-7-9)8-2-1-4-12-6-8/h3,5-7,10-11H,1-2,4H2. The Balaban J connectivity index is 2.12. The Kier molecular flexibility index (Phi) is 2.36. The van der Waals surface area contributed by atoms with Crippen molar-refractivity contribution in [2.45, 2.75) is 18.9 Å². The fourth-order valence-electron chi connectivity index (χ4n) is 1.43. The van der Waals surface area contributed by atoms with Gasteiger partial charge in [0, 0.05) is 5.56 Å². The molecule has 0 aromatic carbocycles. The maximum absolute atomic E-state index is 9.83. The molecule has 1 aromatic rings. The van der Waals surface area contributed by atoms with Crippen LogP contribution in [-0.4, -0.2) is 11.7 Å². The molecule has 1 aliphatic rings. The average Bonchev–Trinajstić information content (AvgIpc) is 2.71. The smallest absolute Gasteiger partial charge is 0.106 e. The quantitative estimate of drug-likeness (QED) is 0.757. The van der Waals surface area contributed by atoms with Crippen LogP contribution < -0.4 is 0 Å². The molecule has 0 saturated carbocycles. The van der Waals surface area contributed by atoms with Crippen LogP contribution in [0, 0.1) is 0 Å². The highest BCUT2D eigenvalue weighted by atomic mass is 16.5. The fourth-order valence-corrected chi connectivity index (χ4v) is 1.43. The number of furan rings is 1. The molecule has 0 saturated heterocycles. The third kappa shape index (κ3) is 1.75. The van der Waals surface area contributed by atoms with Crippen molar-refractivity contribution in [1.29, 1.82) is 0 Å². The van der Waals surface area contributed by atoms with Gasteiger partial charge in [0.15, 0.2) is 0 Å². The van der Waals surface area contributed by atoms with E-state index in [-0.39, 0.29) is 0 Å². The highest BCUT2D eigenvalue weighted by molar-refractivity contribution is 5.21. The van der Waals surface area contributed by atoms with E-state index in [9.17, 15) is 5.11 Å². The largest absolute Gasteiger partial charge is 0.501 e. The number of hydrogen-bond donors (Lipinski definition) is 1. The van der Waals surface area contributed by atoms with Crippen molar-refractivity contribution < 1.29 is 14.3 Å². The third-order valence-corrected chi connectivity index (χ3v) is 2.17. The van der Waals surface area contributed by atoms with Crippen molar-refractivity contribution in [3.63, 3.8) is 0 Å². The zero-order valence-electron chi connectivity index (χ0n) is 7.27. The van der Waals surface area contributed by atoms with Gasteiger partial charge < -0.3 is 14.3 Å². The summed E-state index contributed by atoms with van der Waals surface area (Å²) in [5.41, 5.74) is 1.71. The van der Waals surface area contributed by atoms with E-state index in [1.807, 2.05) is 0 Å². The van der Waals surface area contributed by atoms with Crippen LogP contribution >= 0.6 is 0 Å². The van der Waals surface area contributed by atoms with Crippen molar-refractivity contribution in [1.82, 2.24) is 0 Å². The lowest BCUT2D eigenvalue weighted by Crippen LogP contribution is -2.06. The van der Waals surface area contributed by atoms with Crippen LogP contribution in [0.25, 0.3) is 0 Å². The SMILES string of the molecule is OC(C1=COCCC1)c1ccoc1. The highest BCUT2D eigenvalue weighted by Gasteiger charge is 2.16. The van der Waals surface area contributed by atoms with Gasteiger partial charge in [0.05, 0.1) is 25.4 Å². The minimum atomic E-state index is -0.570. The van der Waals surface area contributed by atoms with E-state index < -0.39 is 6.10 Å². The summed E-state index contributed by atoms with van der Waals surface area (Å²) >= 11 is 0. The molecule has 0 spiro atoms. The molecular formula is C10H12O3. The molecule has 1 aliphatic heterocycles. The number of rotatable bonds is 2. The van der Waals surface area contributed by atoms with Crippen LogP contribution in [0.15, 0.2) is 34.8 Å². The van der Waals surface area contributed by atoms with Crippen LogP contribution in [0.1, 0.15) is 24.5 Å². The van der Waals surface area contributed by atoms with Gasteiger partial charge in [-0.15, -0.1) is 0 Å². The summed E-state index contributed by atoms with van der Waals surface area (Å²) < 4.78 is 10.0. The Morgan fingerprint density at radius 2 is 2.38 bits per heavy atom. The first-order chi connectivity index (χ1) is 6.38. The number of aliphatic hydroxyl groups is 1. The van der Waals surface area contributed by atoms with Crippen molar-refractivity contribution in [2.24, 2.45) is 0 Å². The maximum atomic E-state index is 9.83. The van der Waals surface area contributed by atoms with Crippen LogP contribution in [0.4, 0.5) is 0 Å². The van der Waals surface area contributed by atoms with E-state index in [1.165, 1.54) is 0 Å². The molecule has 1 aromatic heterocycles. The molecule has 0 radical (unpaired) electrons. The summed E-state index contributed by atoms with van der Waals surface area (Å²) in [7, 11) is 0. The van der Waals surface area contributed by atoms with Crippen molar-refractivity contribution in [2.75, 3.05) is 6.61 Å². The lowest BCUT2D eigenvalue weighted by Gasteiger charge is -2.17. The van der Waals surface area contributed by atoms with E-state index >= 15 is 0 Å². The first kappa shape index (κ1) is 8.38. The van der Waals surface area contributed by atoms with Gasteiger partial charge in [0.25, 0.3) is 0 Å². The summed E-state index contributed by atoms with van der Waals surface area (Å²) in [6.45, 7) is 0.752. The molecule has 1 unspecified atom stereocenters. The molecule has 3 heteroatoms. The van der Waals surface area contributed by atoms with E-state index in [2.05, 4.69) is 0 Å². The second-order valence-corrected chi connectivity index (χ2v) is 3.13. The summed E-state index contributed by atoms with van der Waals surface area (Å²) in [5, 5.41) is 9.83. The summed E-state index contributed by atoms with van der Waals surface area (Å²) in [6.07, 6.45) is 6.07. The van der Waals surface area contributed by atoms with Gasteiger partial charge in [-0.2, -0.15) is 0 Å². The van der Waals surface area contributed by atoms with Gasteiger partial charge in [0.2, 0.25) is 0 Å². The van der Waals surface area contributed by atoms with Gasteiger partial charge in [-0.25, -0.2) is 0 Å². The van der Waals surface area contributed by atoms with Crippen molar-refractivity contribution in [3.8, 4) is 0 Å². The van der Waals surface area contributed by atoms with Gasteiger partial charge in [-0.3, -0.25) is 0 Å². The van der Waals surface area contributed by atoms with Gasteiger partial charge >= 0.3 is 0 Å². The predicted octanol–water partition coefficient (Wildman–Crippen LogP) is 2.01. The number of ether oxygens (including phenoxy) is 1. The predicted molar refractivity (Wildman–Crippen MR) is 46.9 cm³/mol. The molecule has 3 nitrogen and oxygen atoms in total. The van der Waals surface area contributed by atoms with Gasteiger partial charge in [-0.1, -0.05) is 0 Å². The van der Waals surface area contributed by atoms with Gasteiger partial charge in [0.1, 0.15) is 6.10 Å². The molecule has 0 amide bonds. The van der Waals surface area contributed by atoms with Crippen LogP contribution in [0.5, 0.6) is 0 Å². The highest BCUT2D eigenvalue weighted by Crippen LogP contribution is 2.27. The normalized spacial score (nSPS) is 19.0. The second-order valence-electron chi connectivity index (χ2n) is 3.13. The minimum Gasteiger partial charge on any atom is -0.501 e. The van der Waals surface area contributed by atoms with Crippen molar-refractivity contribution in [3.05, 3.63) is 36.0 Å². The van der Waals surface area contributed by atoms with Gasteiger partial charge in [-0.05, 0) is 24.5 Å². The molecule has 2 heterocycles. The van der Waals surface area contributed by atoms with Crippen LogP contribution in [0.3, 0.4) is 0 Å². The Hall–Kier alpha value is -1.22. The molecule has 0 aliphatic carbocycles. The van der Waals surface area contributed by atoms with Crippen molar-refractivity contribution >= 4 is 0 Å². The van der Waals surface area contributed by atoms with E-state index in [0.717, 1.165) is 30.6 Å². The minimum absolute atomic E-state index is 0.570. The number of hydrogen-bond acceptors (Lipinski definition) is 3. The molecule has 0 fully saturated rings. The third-order valence-electron chi connectivity index (χ3n) is 2.17. The average molecular weight is 180 g/mol. The van der Waals surface area contributed by atoms with E-state index in [1.54, 1.807) is 24.9 Å². The molecule has 1 atom stereocenters. The topological polar surface area (TPSA) is 42.6 Å². The van der Waals surface area contributed by atoms with E-state index in [4.69, 9.17) is 9.15 Å². The molecule has 1 N–H and O–H groups in total. The molecule has 13 heavy (non-hydrogen) atoms. The zero-order valence-corrected chi connectivity index (χ0v) is 7.27. The Morgan fingerprint density at radius 3 is 3.00 bits per heavy atom. The Bertz CT molecular complexity index is 287. The second kappa shape index (κ2) is 3.66. The molecule has 0 bridgehead atoms. The lowest BCUT2D eigenvalue weighted by atomic mass is 10.0. The van der Waals surface area contributed by atoms with E-state index in [0.29, 0.717) is 0 Å². The lowest BCUT2D eigenvalue weighted by molar-refractivity contribution is 0.170. The zero-order chi connectivity index (χ0) is 9.10. The molecular weight excluding hydrogens is 168 g/mol. The fraction of sp³-hybridized carbons (Fsp3) is 0.400. The number of aliphatic hydroxyl groups excluding tert-OH is 1. The monoisotopic (exact) mass is 180 g/mol. The summed E-state index contributed by atoms with van der Waals surface area (Å²) in [5.74, 6) is 0. The maximum Gasteiger partial charge on any atom is 0.106 e.